The lowest BCUT2D eigenvalue weighted by Crippen LogP contribution is -2.11. The molecule has 86 valence electrons. The first-order chi connectivity index (χ1) is 8.06. The summed E-state index contributed by atoms with van der Waals surface area (Å²) < 4.78 is 15.8. The third-order valence-electron chi connectivity index (χ3n) is 2.55. The Labute approximate surface area is 103 Å². The molecule has 6 heteroatoms. The minimum absolute atomic E-state index is 0.274. The van der Waals surface area contributed by atoms with Crippen LogP contribution in [-0.4, -0.2) is 14.6 Å². The number of hydrogen-bond donors (Lipinski definition) is 1. The van der Waals surface area contributed by atoms with Crippen molar-refractivity contribution in [3.8, 4) is 0 Å². The van der Waals surface area contributed by atoms with E-state index >= 15 is 0 Å². The number of aromatic amines is 1. The van der Waals surface area contributed by atoms with Crippen LogP contribution in [0.2, 0.25) is 0 Å². The molecular formula is C11H7BrFN3O. The van der Waals surface area contributed by atoms with E-state index in [9.17, 15) is 9.18 Å². The second kappa shape index (κ2) is 3.40. The monoisotopic (exact) mass is 295 g/mol. The molecule has 0 bridgehead atoms. The van der Waals surface area contributed by atoms with E-state index in [1.54, 1.807) is 19.1 Å². The van der Waals surface area contributed by atoms with Crippen molar-refractivity contribution in [2.75, 3.05) is 0 Å². The molecule has 17 heavy (non-hydrogen) atoms. The maximum absolute atomic E-state index is 13.9. The van der Waals surface area contributed by atoms with Gasteiger partial charge in [0.05, 0.1) is 11.2 Å². The lowest BCUT2D eigenvalue weighted by molar-refractivity contribution is 0.631. The summed E-state index contributed by atoms with van der Waals surface area (Å²) in [5, 5.41) is 4.13. The van der Waals surface area contributed by atoms with Crippen LogP contribution in [0.15, 0.2) is 27.5 Å². The van der Waals surface area contributed by atoms with Crippen LogP contribution in [0, 0.1) is 12.7 Å². The van der Waals surface area contributed by atoms with Crippen molar-refractivity contribution >= 4 is 32.5 Å². The quantitative estimate of drug-likeness (QED) is 0.692. The van der Waals surface area contributed by atoms with Crippen molar-refractivity contribution in [1.29, 1.82) is 0 Å². The molecule has 4 nitrogen and oxygen atoms in total. The smallest absolute Gasteiger partial charge is 0.274 e. The van der Waals surface area contributed by atoms with Crippen LogP contribution in [0.1, 0.15) is 5.69 Å². The van der Waals surface area contributed by atoms with E-state index in [1.165, 1.54) is 10.6 Å². The number of halogens is 2. The third kappa shape index (κ3) is 1.48. The molecule has 2 aromatic heterocycles. The van der Waals surface area contributed by atoms with Crippen molar-refractivity contribution in [1.82, 2.24) is 14.6 Å². The molecular weight excluding hydrogens is 289 g/mol. The first-order valence-electron chi connectivity index (χ1n) is 4.93. The van der Waals surface area contributed by atoms with Crippen molar-refractivity contribution in [3.05, 3.63) is 44.5 Å². The van der Waals surface area contributed by atoms with Gasteiger partial charge in [-0.2, -0.15) is 5.10 Å². The average Bonchev–Trinajstić information content (AvgIpc) is 2.58. The van der Waals surface area contributed by atoms with Crippen LogP contribution in [0.25, 0.3) is 16.6 Å². The maximum atomic E-state index is 13.9. The summed E-state index contributed by atoms with van der Waals surface area (Å²) in [6.45, 7) is 1.76. The number of nitrogens with zero attached hydrogens (tertiary/aromatic N) is 2. The summed E-state index contributed by atoms with van der Waals surface area (Å²) in [4.78, 5) is 14.4. The Morgan fingerprint density at radius 2 is 2.18 bits per heavy atom. The number of hydrogen-bond acceptors (Lipinski definition) is 2. The van der Waals surface area contributed by atoms with Crippen molar-refractivity contribution in [2.45, 2.75) is 6.92 Å². The molecule has 2 heterocycles. The highest BCUT2D eigenvalue weighted by Crippen LogP contribution is 2.21. The van der Waals surface area contributed by atoms with Crippen molar-refractivity contribution in [2.24, 2.45) is 0 Å². The van der Waals surface area contributed by atoms with Gasteiger partial charge in [0.2, 0.25) is 0 Å². The predicted molar refractivity (Wildman–Crippen MR) is 65.7 cm³/mol. The van der Waals surface area contributed by atoms with Crippen molar-refractivity contribution < 1.29 is 4.39 Å². The average molecular weight is 296 g/mol. The lowest BCUT2D eigenvalue weighted by atomic mass is 10.3. The van der Waals surface area contributed by atoms with E-state index in [4.69, 9.17) is 0 Å². The normalized spacial score (nSPS) is 11.5. The Hall–Kier alpha value is -1.69. The van der Waals surface area contributed by atoms with E-state index in [0.717, 1.165) is 0 Å². The number of nitrogens with one attached hydrogen (secondary N) is 1. The number of H-pyrrole nitrogens is 1. The Bertz CT molecular complexity index is 806. The van der Waals surface area contributed by atoms with E-state index in [2.05, 4.69) is 26.0 Å². The highest BCUT2D eigenvalue weighted by atomic mass is 79.9. The molecule has 0 aliphatic heterocycles. The van der Waals surface area contributed by atoms with Gasteiger partial charge in [-0.05, 0) is 25.1 Å². The second-order valence-corrected chi connectivity index (χ2v) is 4.74. The van der Waals surface area contributed by atoms with Crippen LogP contribution < -0.4 is 5.56 Å². The van der Waals surface area contributed by atoms with Gasteiger partial charge in [-0.15, -0.1) is 0 Å². The summed E-state index contributed by atoms with van der Waals surface area (Å²) >= 11 is 3.19. The van der Waals surface area contributed by atoms with E-state index in [0.29, 0.717) is 21.2 Å². The van der Waals surface area contributed by atoms with E-state index < -0.39 is 5.82 Å². The van der Waals surface area contributed by atoms with Crippen LogP contribution in [0.5, 0.6) is 0 Å². The molecule has 0 amide bonds. The molecule has 0 aliphatic rings. The molecule has 0 aliphatic carbocycles. The number of fused-ring (bicyclic) bond motifs is 3. The molecule has 0 fully saturated rings. The SMILES string of the molecule is Cc1cc2c(=O)[nH]c3cc(Br)cc(F)c3n2n1. The first kappa shape index (κ1) is 10.5. The Kier molecular flexibility index (Phi) is 2.09. The largest absolute Gasteiger partial charge is 0.319 e. The van der Waals surface area contributed by atoms with E-state index in [-0.39, 0.29) is 11.1 Å². The van der Waals surface area contributed by atoms with Gasteiger partial charge < -0.3 is 4.98 Å². The van der Waals surface area contributed by atoms with Gasteiger partial charge in [0.1, 0.15) is 11.0 Å². The van der Waals surface area contributed by atoms with Crippen LogP contribution in [0.3, 0.4) is 0 Å². The summed E-state index contributed by atoms with van der Waals surface area (Å²) in [7, 11) is 0. The fourth-order valence-corrected chi connectivity index (χ4v) is 2.32. The number of benzene rings is 1. The Balaban J connectivity index is 2.67. The van der Waals surface area contributed by atoms with Crippen LogP contribution >= 0.6 is 15.9 Å². The molecule has 1 N–H and O–H groups in total. The summed E-state index contributed by atoms with van der Waals surface area (Å²) in [6, 6.07) is 4.62. The Morgan fingerprint density at radius 3 is 2.94 bits per heavy atom. The molecule has 0 unspecified atom stereocenters. The minimum atomic E-state index is -0.432. The summed E-state index contributed by atoms with van der Waals surface area (Å²) in [5.74, 6) is -0.432. The number of aromatic nitrogens is 3. The number of rotatable bonds is 0. The summed E-state index contributed by atoms with van der Waals surface area (Å²) in [6.07, 6.45) is 0. The van der Waals surface area contributed by atoms with Gasteiger partial charge in [0.15, 0.2) is 5.82 Å². The predicted octanol–water partition coefficient (Wildman–Crippen LogP) is 2.39. The lowest BCUT2D eigenvalue weighted by Gasteiger charge is -2.03. The minimum Gasteiger partial charge on any atom is -0.319 e. The van der Waals surface area contributed by atoms with Gasteiger partial charge >= 0.3 is 0 Å². The third-order valence-corrected chi connectivity index (χ3v) is 3.01. The van der Waals surface area contributed by atoms with Crippen LogP contribution in [0.4, 0.5) is 4.39 Å². The fourth-order valence-electron chi connectivity index (χ4n) is 1.89. The molecule has 0 atom stereocenters. The van der Waals surface area contributed by atoms with Gasteiger partial charge in [0.25, 0.3) is 5.56 Å². The molecule has 0 spiro atoms. The molecule has 3 rings (SSSR count). The van der Waals surface area contributed by atoms with Gasteiger partial charge in [-0.1, -0.05) is 15.9 Å². The zero-order chi connectivity index (χ0) is 12.2. The first-order valence-corrected chi connectivity index (χ1v) is 5.73. The molecule has 0 saturated heterocycles. The highest BCUT2D eigenvalue weighted by molar-refractivity contribution is 9.10. The van der Waals surface area contributed by atoms with Gasteiger partial charge in [-0.25, -0.2) is 8.91 Å². The molecule has 3 aromatic rings. The fraction of sp³-hybridized carbons (Fsp3) is 0.0909. The van der Waals surface area contributed by atoms with E-state index in [1.807, 2.05) is 0 Å². The molecule has 0 radical (unpaired) electrons. The maximum Gasteiger partial charge on any atom is 0.274 e. The van der Waals surface area contributed by atoms with Gasteiger partial charge in [0, 0.05) is 4.47 Å². The topological polar surface area (TPSA) is 50.2 Å². The molecule has 0 saturated carbocycles. The van der Waals surface area contributed by atoms with Crippen LogP contribution in [-0.2, 0) is 0 Å². The zero-order valence-electron chi connectivity index (χ0n) is 8.79. The second-order valence-electron chi connectivity index (χ2n) is 3.82. The highest BCUT2D eigenvalue weighted by Gasteiger charge is 2.12. The number of aryl methyl sites for hydroxylation is 1. The standard InChI is InChI=1S/C11H7BrFN3O/c1-5-2-9-11(17)14-8-4-6(12)3-7(13)10(8)16(9)15-5/h2-4H,1H3,(H,14,17). The summed E-state index contributed by atoms with van der Waals surface area (Å²) in [5.41, 5.74) is 1.42. The zero-order valence-corrected chi connectivity index (χ0v) is 10.4. The Morgan fingerprint density at radius 1 is 1.41 bits per heavy atom. The van der Waals surface area contributed by atoms with Crippen molar-refractivity contribution in [3.63, 3.8) is 0 Å². The van der Waals surface area contributed by atoms with Gasteiger partial charge in [-0.3, -0.25) is 4.79 Å². The molecule has 1 aromatic carbocycles.